The van der Waals surface area contributed by atoms with Gasteiger partial charge in [-0.3, -0.25) is 9.59 Å². The molecule has 0 saturated carbocycles. The second kappa shape index (κ2) is 8.04. The topological polar surface area (TPSA) is 61.4 Å². The number of halogens is 1. The standard InChI is InChI=1S/C16H21N3O2S.ClH/c1-17-12-3-2-7-19(10-12)16(21)11-4-5-14-13(9-11)18-15(20)6-8-22-14;/h4-5,9,12,17H,2-3,6-8,10H2,1H3,(H,18,20);1H. The summed E-state index contributed by atoms with van der Waals surface area (Å²) in [7, 11) is 1.94. The second-order valence-electron chi connectivity index (χ2n) is 5.74. The molecule has 126 valence electrons. The van der Waals surface area contributed by atoms with Gasteiger partial charge in [0.2, 0.25) is 5.91 Å². The molecule has 0 spiro atoms. The number of nitrogens with one attached hydrogen (secondary N) is 2. The van der Waals surface area contributed by atoms with E-state index in [4.69, 9.17) is 0 Å². The summed E-state index contributed by atoms with van der Waals surface area (Å²) in [5.41, 5.74) is 1.42. The zero-order chi connectivity index (χ0) is 15.5. The number of nitrogens with zero attached hydrogens (tertiary/aromatic N) is 1. The number of benzene rings is 1. The molecule has 2 aliphatic heterocycles. The van der Waals surface area contributed by atoms with E-state index in [1.807, 2.05) is 30.1 Å². The first kappa shape index (κ1) is 18.1. The Morgan fingerprint density at radius 2 is 2.26 bits per heavy atom. The Bertz CT molecular complexity index is 597. The van der Waals surface area contributed by atoms with Gasteiger partial charge in [-0.05, 0) is 38.1 Å². The van der Waals surface area contributed by atoms with Gasteiger partial charge >= 0.3 is 0 Å². The molecule has 3 rings (SSSR count). The first-order valence-electron chi connectivity index (χ1n) is 7.70. The van der Waals surface area contributed by atoms with Crippen molar-refractivity contribution in [2.24, 2.45) is 0 Å². The molecule has 1 fully saturated rings. The zero-order valence-electron chi connectivity index (χ0n) is 13.1. The molecule has 1 saturated heterocycles. The fourth-order valence-electron chi connectivity index (χ4n) is 2.93. The lowest BCUT2D eigenvalue weighted by atomic mass is 10.0. The van der Waals surface area contributed by atoms with Crippen LogP contribution in [0.3, 0.4) is 0 Å². The molecule has 1 aromatic rings. The third kappa shape index (κ3) is 4.19. The second-order valence-corrected chi connectivity index (χ2v) is 6.87. The van der Waals surface area contributed by atoms with E-state index in [1.54, 1.807) is 11.8 Å². The van der Waals surface area contributed by atoms with Crippen LogP contribution in [0, 0.1) is 0 Å². The Morgan fingerprint density at radius 1 is 1.43 bits per heavy atom. The minimum atomic E-state index is 0. The highest BCUT2D eigenvalue weighted by atomic mass is 35.5. The summed E-state index contributed by atoms with van der Waals surface area (Å²) in [4.78, 5) is 27.3. The van der Waals surface area contributed by atoms with E-state index in [0.717, 1.165) is 42.3 Å². The number of hydrogen-bond donors (Lipinski definition) is 2. The van der Waals surface area contributed by atoms with Crippen LogP contribution in [0.15, 0.2) is 23.1 Å². The Kier molecular flexibility index (Phi) is 6.33. The summed E-state index contributed by atoms with van der Waals surface area (Å²) < 4.78 is 0. The number of likely N-dealkylation sites (tertiary alicyclic amines) is 1. The highest BCUT2D eigenvalue weighted by Crippen LogP contribution is 2.32. The predicted molar refractivity (Wildman–Crippen MR) is 95.6 cm³/mol. The molecule has 23 heavy (non-hydrogen) atoms. The Balaban J connectivity index is 0.00000192. The molecular weight excluding hydrogens is 334 g/mol. The number of carbonyl (C=O) groups excluding carboxylic acids is 2. The number of fused-ring (bicyclic) bond motifs is 1. The van der Waals surface area contributed by atoms with Gasteiger partial charge in [0.25, 0.3) is 5.91 Å². The number of amides is 2. The van der Waals surface area contributed by atoms with Gasteiger partial charge in [-0.15, -0.1) is 24.2 Å². The summed E-state index contributed by atoms with van der Waals surface area (Å²) in [5, 5.41) is 6.15. The SMILES string of the molecule is CNC1CCCN(C(=O)c2ccc3c(c2)NC(=O)CCS3)C1.Cl. The van der Waals surface area contributed by atoms with Crippen molar-refractivity contribution in [1.29, 1.82) is 0 Å². The first-order valence-corrected chi connectivity index (χ1v) is 8.69. The van der Waals surface area contributed by atoms with E-state index in [0.29, 0.717) is 18.0 Å². The molecule has 0 bridgehead atoms. The lowest BCUT2D eigenvalue weighted by Crippen LogP contribution is -2.46. The van der Waals surface area contributed by atoms with Gasteiger partial charge in [0, 0.05) is 41.8 Å². The molecule has 2 N–H and O–H groups in total. The molecule has 0 aliphatic carbocycles. The summed E-state index contributed by atoms with van der Waals surface area (Å²) in [5.74, 6) is 0.845. The molecule has 1 unspecified atom stereocenters. The van der Waals surface area contributed by atoms with Gasteiger partial charge in [0.05, 0.1) is 5.69 Å². The number of likely N-dealkylation sites (N-methyl/N-ethyl adjacent to an activating group) is 1. The van der Waals surface area contributed by atoms with Crippen molar-refractivity contribution in [3.63, 3.8) is 0 Å². The third-order valence-electron chi connectivity index (χ3n) is 4.20. The fourth-order valence-corrected chi connectivity index (χ4v) is 3.87. The summed E-state index contributed by atoms with van der Waals surface area (Å²) in [6.07, 6.45) is 2.64. The van der Waals surface area contributed by atoms with Crippen molar-refractivity contribution in [2.75, 3.05) is 31.2 Å². The van der Waals surface area contributed by atoms with Gasteiger partial charge in [-0.1, -0.05) is 0 Å². The normalized spacial score (nSPS) is 20.8. The quantitative estimate of drug-likeness (QED) is 0.855. The lowest BCUT2D eigenvalue weighted by molar-refractivity contribution is -0.115. The van der Waals surface area contributed by atoms with E-state index in [1.165, 1.54) is 0 Å². The molecule has 7 heteroatoms. The zero-order valence-corrected chi connectivity index (χ0v) is 14.8. The smallest absolute Gasteiger partial charge is 0.253 e. The average Bonchev–Trinajstić information content (AvgIpc) is 2.74. The molecular formula is C16H22ClN3O2S. The van der Waals surface area contributed by atoms with Crippen molar-refractivity contribution in [2.45, 2.75) is 30.2 Å². The van der Waals surface area contributed by atoms with E-state index in [-0.39, 0.29) is 24.2 Å². The number of piperidine rings is 1. The van der Waals surface area contributed by atoms with Crippen LogP contribution < -0.4 is 10.6 Å². The van der Waals surface area contributed by atoms with Gasteiger partial charge in [0.1, 0.15) is 0 Å². The molecule has 5 nitrogen and oxygen atoms in total. The fraction of sp³-hybridized carbons (Fsp3) is 0.500. The van der Waals surface area contributed by atoms with Crippen LogP contribution in [0.1, 0.15) is 29.6 Å². The van der Waals surface area contributed by atoms with E-state index >= 15 is 0 Å². The highest BCUT2D eigenvalue weighted by Gasteiger charge is 2.24. The number of hydrogen-bond acceptors (Lipinski definition) is 4. The van der Waals surface area contributed by atoms with Crippen molar-refractivity contribution in [3.8, 4) is 0 Å². The van der Waals surface area contributed by atoms with Crippen LogP contribution in [0.25, 0.3) is 0 Å². The number of carbonyl (C=O) groups is 2. The number of thioether (sulfide) groups is 1. The highest BCUT2D eigenvalue weighted by molar-refractivity contribution is 7.99. The average molecular weight is 356 g/mol. The van der Waals surface area contributed by atoms with E-state index in [2.05, 4.69) is 10.6 Å². The van der Waals surface area contributed by atoms with Gasteiger partial charge < -0.3 is 15.5 Å². The largest absolute Gasteiger partial charge is 0.337 e. The van der Waals surface area contributed by atoms with Crippen molar-refractivity contribution >= 4 is 41.7 Å². The van der Waals surface area contributed by atoms with Gasteiger partial charge in [0.15, 0.2) is 0 Å². The lowest BCUT2D eigenvalue weighted by Gasteiger charge is -2.32. The van der Waals surface area contributed by atoms with Gasteiger partial charge in [-0.2, -0.15) is 0 Å². The minimum absolute atomic E-state index is 0. The Labute approximate surface area is 147 Å². The maximum atomic E-state index is 12.7. The van der Waals surface area contributed by atoms with Crippen LogP contribution >= 0.6 is 24.2 Å². The molecule has 2 aliphatic rings. The summed E-state index contributed by atoms with van der Waals surface area (Å²) in [6.45, 7) is 1.54. The number of anilines is 1. The van der Waals surface area contributed by atoms with Crippen LogP contribution in [-0.2, 0) is 4.79 Å². The van der Waals surface area contributed by atoms with Crippen LogP contribution in [0.2, 0.25) is 0 Å². The maximum absolute atomic E-state index is 12.7. The van der Waals surface area contributed by atoms with Crippen molar-refractivity contribution < 1.29 is 9.59 Å². The van der Waals surface area contributed by atoms with E-state index in [9.17, 15) is 9.59 Å². The monoisotopic (exact) mass is 355 g/mol. The predicted octanol–water partition coefficient (Wildman–Crippen LogP) is 2.37. The van der Waals surface area contributed by atoms with Crippen LogP contribution in [-0.4, -0.2) is 48.6 Å². The molecule has 2 amide bonds. The van der Waals surface area contributed by atoms with Crippen LogP contribution in [0.4, 0.5) is 5.69 Å². The maximum Gasteiger partial charge on any atom is 0.253 e. The first-order chi connectivity index (χ1) is 10.7. The molecule has 0 radical (unpaired) electrons. The van der Waals surface area contributed by atoms with Crippen molar-refractivity contribution in [3.05, 3.63) is 23.8 Å². The molecule has 0 aromatic heterocycles. The van der Waals surface area contributed by atoms with Gasteiger partial charge in [-0.25, -0.2) is 0 Å². The van der Waals surface area contributed by atoms with Crippen molar-refractivity contribution in [1.82, 2.24) is 10.2 Å². The van der Waals surface area contributed by atoms with E-state index < -0.39 is 0 Å². The third-order valence-corrected chi connectivity index (χ3v) is 5.28. The molecule has 1 atom stereocenters. The van der Waals surface area contributed by atoms with Crippen LogP contribution in [0.5, 0.6) is 0 Å². The Hall–Kier alpha value is -1.24. The summed E-state index contributed by atoms with van der Waals surface area (Å²) >= 11 is 1.66. The minimum Gasteiger partial charge on any atom is -0.337 e. The molecule has 2 heterocycles. The molecule has 1 aromatic carbocycles. The Morgan fingerprint density at radius 3 is 3.04 bits per heavy atom. The summed E-state index contributed by atoms with van der Waals surface area (Å²) in [6, 6.07) is 6.00. The number of rotatable bonds is 2.